The van der Waals surface area contributed by atoms with E-state index in [0.29, 0.717) is 0 Å². The summed E-state index contributed by atoms with van der Waals surface area (Å²) >= 11 is 0. The Balaban J connectivity index is 3.03. The molecule has 0 saturated heterocycles. The maximum atomic E-state index is 12.1. The molecule has 0 aromatic heterocycles. The van der Waals surface area contributed by atoms with Gasteiger partial charge in [-0.15, -0.1) is 0 Å². The van der Waals surface area contributed by atoms with Crippen LogP contribution in [0, 0.1) is 0 Å². The number of benzene rings is 1. The molecular formula is C11H8F4O4. The van der Waals surface area contributed by atoms with Crippen LogP contribution >= 0.6 is 0 Å². The molecule has 19 heavy (non-hydrogen) atoms. The molecule has 0 aliphatic carbocycles. The molecular weight excluding hydrogens is 272 g/mol. The Labute approximate surface area is 104 Å². The van der Waals surface area contributed by atoms with Gasteiger partial charge in [-0.05, 0) is 23.8 Å². The third-order valence-corrected chi connectivity index (χ3v) is 1.82. The van der Waals surface area contributed by atoms with Gasteiger partial charge in [0, 0.05) is 6.08 Å². The summed E-state index contributed by atoms with van der Waals surface area (Å²) in [5, 5.41) is 8.40. The van der Waals surface area contributed by atoms with Crippen LogP contribution < -0.4 is 9.47 Å². The fraction of sp³-hybridized carbons (Fsp3) is 0.182. The van der Waals surface area contributed by atoms with E-state index < -0.39 is 30.7 Å². The van der Waals surface area contributed by atoms with Crippen molar-refractivity contribution in [3.63, 3.8) is 0 Å². The number of rotatable bonds is 6. The topological polar surface area (TPSA) is 55.8 Å². The molecule has 0 aliphatic rings. The molecule has 1 rings (SSSR count). The molecule has 1 aromatic carbocycles. The van der Waals surface area contributed by atoms with Gasteiger partial charge < -0.3 is 14.6 Å². The van der Waals surface area contributed by atoms with E-state index >= 15 is 0 Å². The second-order valence-corrected chi connectivity index (χ2v) is 3.13. The summed E-state index contributed by atoms with van der Waals surface area (Å²) in [7, 11) is 0. The quantitative estimate of drug-likeness (QED) is 0.643. The summed E-state index contributed by atoms with van der Waals surface area (Å²) in [6.45, 7) is -6.42. The third-order valence-electron chi connectivity index (χ3n) is 1.82. The van der Waals surface area contributed by atoms with E-state index in [4.69, 9.17) is 5.11 Å². The lowest BCUT2D eigenvalue weighted by Gasteiger charge is -2.12. The molecule has 1 N–H and O–H groups in total. The highest BCUT2D eigenvalue weighted by molar-refractivity contribution is 5.85. The molecule has 1 aromatic rings. The van der Waals surface area contributed by atoms with Crippen molar-refractivity contribution in [3.8, 4) is 11.5 Å². The Morgan fingerprint density at radius 3 is 2.21 bits per heavy atom. The maximum Gasteiger partial charge on any atom is 0.387 e. The Morgan fingerprint density at radius 2 is 1.68 bits per heavy atom. The van der Waals surface area contributed by atoms with Crippen LogP contribution in [0.5, 0.6) is 11.5 Å². The number of carboxylic acids is 1. The normalized spacial score (nSPS) is 11.3. The predicted molar refractivity (Wildman–Crippen MR) is 56.4 cm³/mol. The summed E-state index contributed by atoms with van der Waals surface area (Å²) in [6, 6.07) is 3.16. The van der Waals surface area contributed by atoms with Crippen molar-refractivity contribution in [2.24, 2.45) is 0 Å². The molecule has 104 valence electrons. The van der Waals surface area contributed by atoms with E-state index in [9.17, 15) is 22.4 Å². The van der Waals surface area contributed by atoms with E-state index in [-0.39, 0.29) is 5.56 Å². The van der Waals surface area contributed by atoms with Crippen LogP contribution in [0.4, 0.5) is 17.6 Å². The van der Waals surface area contributed by atoms with Crippen molar-refractivity contribution >= 4 is 12.0 Å². The number of hydrogen-bond donors (Lipinski definition) is 1. The molecule has 0 spiro atoms. The predicted octanol–water partition coefficient (Wildman–Crippen LogP) is 2.99. The summed E-state index contributed by atoms with van der Waals surface area (Å²) < 4.78 is 56.3. The van der Waals surface area contributed by atoms with E-state index in [2.05, 4.69) is 9.47 Å². The van der Waals surface area contributed by atoms with Crippen molar-refractivity contribution in [3.05, 3.63) is 29.8 Å². The highest BCUT2D eigenvalue weighted by Crippen LogP contribution is 2.31. The minimum Gasteiger partial charge on any atom is -0.478 e. The van der Waals surface area contributed by atoms with E-state index in [1.807, 2.05) is 0 Å². The molecule has 0 atom stereocenters. The molecule has 0 bridgehead atoms. The Bertz CT molecular complexity index is 474. The van der Waals surface area contributed by atoms with Crippen LogP contribution in [0.1, 0.15) is 5.56 Å². The molecule has 0 amide bonds. The first kappa shape index (κ1) is 14.8. The largest absolute Gasteiger partial charge is 0.478 e. The molecule has 0 aliphatic heterocycles. The number of hydrogen-bond acceptors (Lipinski definition) is 3. The first-order chi connectivity index (χ1) is 8.88. The Hall–Kier alpha value is -2.25. The molecule has 8 heteroatoms. The van der Waals surface area contributed by atoms with Crippen molar-refractivity contribution in [1.82, 2.24) is 0 Å². The molecule has 0 saturated carbocycles. The van der Waals surface area contributed by atoms with E-state index in [1.54, 1.807) is 0 Å². The first-order valence-corrected chi connectivity index (χ1v) is 4.83. The third kappa shape index (κ3) is 5.28. The van der Waals surface area contributed by atoms with Gasteiger partial charge in [0.1, 0.15) is 0 Å². The van der Waals surface area contributed by atoms with Gasteiger partial charge in [-0.1, -0.05) is 6.07 Å². The second-order valence-electron chi connectivity index (χ2n) is 3.13. The number of ether oxygens (including phenoxy) is 2. The number of alkyl halides is 4. The average molecular weight is 280 g/mol. The number of carboxylic acid groups (broad SMARTS) is 1. The lowest BCUT2D eigenvalue weighted by atomic mass is 10.2. The summed E-state index contributed by atoms with van der Waals surface area (Å²) in [4.78, 5) is 10.3. The van der Waals surface area contributed by atoms with Crippen molar-refractivity contribution in [1.29, 1.82) is 0 Å². The van der Waals surface area contributed by atoms with Gasteiger partial charge in [0.05, 0.1) is 0 Å². The van der Waals surface area contributed by atoms with E-state index in [1.165, 1.54) is 6.07 Å². The van der Waals surface area contributed by atoms with Crippen molar-refractivity contribution in [2.45, 2.75) is 13.2 Å². The number of halogens is 4. The van der Waals surface area contributed by atoms with Crippen LogP contribution in [0.15, 0.2) is 24.3 Å². The minimum atomic E-state index is -3.22. The number of aliphatic carboxylic acids is 1. The average Bonchev–Trinajstić information content (AvgIpc) is 2.28. The summed E-state index contributed by atoms with van der Waals surface area (Å²) in [6.07, 6.45) is 1.85. The van der Waals surface area contributed by atoms with Gasteiger partial charge >= 0.3 is 19.2 Å². The lowest BCUT2D eigenvalue weighted by Crippen LogP contribution is -2.07. The zero-order valence-corrected chi connectivity index (χ0v) is 9.23. The smallest absolute Gasteiger partial charge is 0.387 e. The monoisotopic (exact) mass is 280 g/mol. The van der Waals surface area contributed by atoms with Gasteiger partial charge in [-0.3, -0.25) is 0 Å². The fourth-order valence-electron chi connectivity index (χ4n) is 1.18. The number of carbonyl (C=O) groups is 1. The van der Waals surface area contributed by atoms with Crippen LogP contribution in [-0.4, -0.2) is 24.3 Å². The van der Waals surface area contributed by atoms with Gasteiger partial charge in [0.15, 0.2) is 11.5 Å². The highest BCUT2D eigenvalue weighted by atomic mass is 19.3. The Kier molecular flexibility index (Phi) is 5.16. The molecule has 0 fully saturated rings. The molecule has 0 heterocycles. The van der Waals surface area contributed by atoms with Gasteiger partial charge in [0.2, 0.25) is 0 Å². The van der Waals surface area contributed by atoms with Crippen LogP contribution in [0.25, 0.3) is 6.08 Å². The zero-order chi connectivity index (χ0) is 14.4. The second kappa shape index (κ2) is 6.62. The fourth-order valence-corrected chi connectivity index (χ4v) is 1.18. The molecule has 4 nitrogen and oxygen atoms in total. The maximum absolute atomic E-state index is 12.1. The van der Waals surface area contributed by atoms with E-state index in [0.717, 1.165) is 24.3 Å². The van der Waals surface area contributed by atoms with Crippen molar-refractivity contribution < 1.29 is 36.9 Å². The first-order valence-electron chi connectivity index (χ1n) is 4.83. The zero-order valence-electron chi connectivity index (χ0n) is 9.23. The highest BCUT2D eigenvalue weighted by Gasteiger charge is 2.14. The van der Waals surface area contributed by atoms with Crippen LogP contribution in [-0.2, 0) is 4.79 Å². The van der Waals surface area contributed by atoms with Crippen LogP contribution in [0.3, 0.4) is 0 Å². The van der Waals surface area contributed by atoms with Crippen molar-refractivity contribution in [2.75, 3.05) is 0 Å². The van der Waals surface area contributed by atoms with Gasteiger partial charge in [-0.2, -0.15) is 17.6 Å². The summed E-state index contributed by atoms with van der Waals surface area (Å²) in [5.41, 5.74) is 0.180. The lowest BCUT2D eigenvalue weighted by molar-refractivity contribution is -0.131. The SMILES string of the molecule is O=C(O)C=Cc1ccc(OC(F)F)c(OC(F)F)c1. The van der Waals surface area contributed by atoms with Gasteiger partial charge in [0.25, 0.3) is 0 Å². The van der Waals surface area contributed by atoms with Gasteiger partial charge in [-0.25, -0.2) is 4.79 Å². The van der Waals surface area contributed by atoms with Crippen LogP contribution in [0.2, 0.25) is 0 Å². The minimum absolute atomic E-state index is 0.180. The standard InChI is InChI=1S/C11H8F4O4/c12-10(13)18-7-3-1-6(2-4-9(16)17)5-8(7)19-11(14)15/h1-5,10-11H,(H,16,17). The molecule has 0 unspecified atom stereocenters. The molecule has 0 radical (unpaired) electrons. The summed E-state index contributed by atoms with van der Waals surface area (Å²) in [5.74, 6) is -2.42. The Morgan fingerprint density at radius 1 is 1.11 bits per heavy atom.